The molecule has 5 heteroatoms. The van der Waals surface area contributed by atoms with Gasteiger partial charge in [0.1, 0.15) is 12.4 Å². The van der Waals surface area contributed by atoms with Crippen LogP contribution in [0.4, 0.5) is 0 Å². The van der Waals surface area contributed by atoms with E-state index in [-0.39, 0.29) is 11.9 Å². The molecular weight excluding hydrogens is 438 g/mol. The standard InChI is InChI=1S/C30H29NO4/c1-30(24-13-8-14-25(19-24)34-21-23-11-6-3-7-12-23)27-20-31(18-17-26(27)29(33)35-30)28(32)16-15-22-9-4-2-5-10-22/h2-14,19H,15-18,20-21H2,1H3. The number of esters is 1. The number of cyclic esters (lactones) is 1. The molecule has 0 aliphatic carbocycles. The van der Waals surface area contributed by atoms with Gasteiger partial charge in [0, 0.05) is 36.2 Å². The van der Waals surface area contributed by atoms with Crippen molar-refractivity contribution in [3.8, 4) is 5.75 Å². The summed E-state index contributed by atoms with van der Waals surface area (Å²) < 4.78 is 12.0. The second-order valence-corrected chi connectivity index (χ2v) is 9.23. The monoisotopic (exact) mass is 467 g/mol. The highest BCUT2D eigenvalue weighted by Crippen LogP contribution is 2.45. The normalized spacial score (nSPS) is 19.3. The second-order valence-electron chi connectivity index (χ2n) is 9.23. The zero-order valence-electron chi connectivity index (χ0n) is 19.9. The molecule has 0 radical (unpaired) electrons. The number of carbonyl (C=O) groups excluding carboxylic acids is 2. The van der Waals surface area contributed by atoms with E-state index in [0.717, 1.165) is 22.3 Å². The molecule has 35 heavy (non-hydrogen) atoms. The molecule has 5 rings (SSSR count). The average Bonchev–Trinajstić information content (AvgIpc) is 3.17. The van der Waals surface area contributed by atoms with E-state index in [1.165, 1.54) is 0 Å². The van der Waals surface area contributed by atoms with Gasteiger partial charge in [0.15, 0.2) is 5.60 Å². The summed E-state index contributed by atoms with van der Waals surface area (Å²) in [7, 11) is 0. The molecule has 0 N–H and O–H groups in total. The van der Waals surface area contributed by atoms with Gasteiger partial charge in [-0.2, -0.15) is 0 Å². The fraction of sp³-hybridized carbons (Fsp3) is 0.267. The van der Waals surface area contributed by atoms with Crippen LogP contribution in [0.25, 0.3) is 0 Å². The zero-order chi connectivity index (χ0) is 24.3. The van der Waals surface area contributed by atoms with Crippen LogP contribution >= 0.6 is 0 Å². The van der Waals surface area contributed by atoms with Crippen LogP contribution in [-0.4, -0.2) is 29.9 Å². The summed E-state index contributed by atoms with van der Waals surface area (Å²) in [4.78, 5) is 27.6. The molecule has 0 aromatic heterocycles. The summed E-state index contributed by atoms with van der Waals surface area (Å²) in [6.45, 7) is 3.32. The van der Waals surface area contributed by atoms with E-state index in [0.29, 0.717) is 50.3 Å². The predicted octanol–water partition coefficient (Wildman–Crippen LogP) is 5.20. The van der Waals surface area contributed by atoms with Gasteiger partial charge in [-0.3, -0.25) is 4.79 Å². The van der Waals surface area contributed by atoms with Crippen LogP contribution in [-0.2, 0) is 33.0 Å². The van der Waals surface area contributed by atoms with Crippen LogP contribution in [0, 0.1) is 0 Å². The fourth-order valence-electron chi connectivity index (χ4n) is 4.86. The first-order valence-electron chi connectivity index (χ1n) is 12.1. The van der Waals surface area contributed by atoms with Gasteiger partial charge >= 0.3 is 5.97 Å². The van der Waals surface area contributed by atoms with Crippen molar-refractivity contribution in [1.82, 2.24) is 4.90 Å². The Morgan fingerprint density at radius 1 is 0.971 bits per heavy atom. The third-order valence-electron chi connectivity index (χ3n) is 6.92. The minimum atomic E-state index is -0.920. The highest BCUT2D eigenvalue weighted by Gasteiger charge is 2.47. The summed E-state index contributed by atoms with van der Waals surface area (Å²) in [5.41, 5.74) is 3.74. The van der Waals surface area contributed by atoms with Crippen molar-refractivity contribution in [2.75, 3.05) is 13.1 Å². The summed E-state index contributed by atoms with van der Waals surface area (Å²) in [6, 6.07) is 27.7. The van der Waals surface area contributed by atoms with E-state index in [1.807, 2.05) is 96.8 Å². The van der Waals surface area contributed by atoms with Gasteiger partial charge in [-0.15, -0.1) is 0 Å². The van der Waals surface area contributed by atoms with Crippen molar-refractivity contribution in [3.05, 3.63) is 113 Å². The number of benzene rings is 3. The molecule has 0 fully saturated rings. The highest BCUT2D eigenvalue weighted by atomic mass is 16.6. The third kappa shape index (κ3) is 4.85. The Morgan fingerprint density at radius 3 is 2.43 bits per heavy atom. The topological polar surface area (TPSA) is 55.8 Å². The molecule has 2 aliphatic heterocycles. The molecule has 1 unspecified atom stereocenters. The lowest BCUT2D eigenvalue weighted by molar-refractivity contribution is -0.146. The smallest absolute Gasteiger partial charge is 0.335 e. The van der Waals surface area contributed by atoms with Crippen LogP contribution < -0.4 is 4.74 Å². The SMILES string of the molecule is CC1(c2cccc(OCc3ccccc3)c2)OC(=O)C2=C1CN(C(=O)CCc1ccccc1)CC2. The third-order valence-corrected chi connectivity index (χ3v) is 6.92. The first-order chi connectivity index (χ1) is 17.0. The van der Waals surface area contributed by atoms with Gasteiger partial charge < -0.3 is 14.4 Å². The number of ether oxygens (including phenoxy) is 2. The Balaban J connectivity index is 1.31. The first-order valence-corrected chi connectivity index (χ1v) is 12.1. The molecule has 2 aliphatic rings. The lowest BCUT2D eigenvalue weighted by Gasteiger charge is -2.33. The quantitative estimate of drug-likeness (QED) is 0.448. The van der Waals surface area contributed by atoms with E-state index in [1.54, 1.807) is 0 Å². The molecule has 0 saturated heterocycles. The highest BCUT2D eigenvalue weighted by molar-refractivity contribution is 5.94. The van der Waals surface area contributed by atoms with Gasteiger partial charge in [0.25, 0.3) is 0 Å². The summed E-state index contributed by atoms with van der Waals surface area (Å²) >= 11 is 0. The number of amides is 1. The maximum atomic E-state index is 13.0. The molecule has 2 heterocycles. The van der Waals surface area contributed by atoms with E-state index < -0.39 is 5.60 Å². The number of carbonyl (C=O) groups is 2. The zero-order valence-corrected chi connectivity index (χ0v) is 19.9. The van der Waals surface area contributed by atoms with Gasteiger partial charge in [0.05, 0.1) is 0 Å². The van der Waals surface area contributed by atoms with Crippen molar-refractivity contribution in [3.63, 3.8) is 0 Å². The van der Waals surface area contributed by atoms with Gasteiger partial charge in [-0.25, -0.2) is 4.79 Å². The van der Waals surface area contributed by atoms with E-state index in [2.05, 4.69) is 0 Å². The van der Waals surface area contributed by atoms with Crippen LogP contribution in [0.15, 0.2) is 96.1 Å². The van der Waals surface area contributed by atoms with Crippen LogP contribution in [0.3, 0.4) is 0 Å². The lowest BCUT2D eigenvalue weighted by Crippen LogP contribution is -2.40. The molecule has 0 spiro atoms. The van der Waals surface area contributed by atoms with Crippen molar-refractivity contribution in [1.29, 1.82) is 0 Å². The Morgan fingerprint density at radius 2 is 1.69 bits per heavy atom. The van der Waals surface area contributed by atoms with E-state index in [4.69, 9.17) is 9.47 Å². The minimum absolute atomic E-state index is 0.0991. The first kappa shape index (κ1) is 22.9. The average molecular weight is 468 g/mol. The van der Waals surface area contributed by atoms with Crippen molar-refractivity contribution in [2.24, 2.45) is 0 Å². The molecule has 178 valence electrons. The lowest BCUT2D eigenvalue weighted by atomic mass is 9.84. The van der Waals surface area contributed by atoms with Crippen molar-refractivity contribution >= 4 is 11.9 Å². The fourth-order valence-corrected chi connectivity index (χ4v) is 4.86. The Hall–Kier alpha value is -3.86. The van der Waals surface area contributed by atoms with E-state index in [9.17, 15) is 9.59 Å². The maximum Gasteiger partial charge on any atom is 0.335 e. The molecule has 5 nitrogen and oxygen atoms in total. The molecule has 0 saturated carbocycles. The second kappa shape index (κ2) is 9.79. The van der Waals surface area contributed by atoms with Crippen LogP contribution in [0.5, 0.6) is 5.75 Å². The molecule has 1 atom stereocenters. The van der Waals surface area contributed by atoms with Gasteiger partial charge in [0.2, 0.25) is 5.91 Å². The van der Waals surface area contributed by atoms with Crippen LogP contribution in [0.1, 0.15) is 36.5 Å². The van der Waals surface area contributed by atoms with Crippen molar-refractivity contribution in [2.45, 2.75) is 38.4 Å². The summed E-state index contributed by atoms with van der Waals surface area (Å²) in [6.07, 6.45) is 1.67. The number of aryl methyl sites for hydroxylation is 1. The predicted molar refractivity (Wildman–Crippen MR) is 134 cm³/mol. The van der Waals surface area contributed by atoms with Crippen molar-refractivity contribution < 1.29 is 19.1 Å². The molecular formula is C30H29NO4. The molecule has 3 aromatic carbocycles. The maximum absolute atomic E-state index is 13.0. The molecule has 0 bridgehead atoms. The summed E-state index contributed by atoms with van der Waals surface area (Å²) in [5.74, 6) is 0.529. The van der Waals surface area contributed by atoms with Crippen LogP contribution in [0.2, 0.25) is 0 Å². The van der Waals surface area contributed by atoms with Gasteiger partial charge in [-0.05, 0) is 43.0 Å². The number of rotatable bonds is 7. The molecule has 1 amide bonds. The number of hydrogen-bond donors (Lipinski definition) is 0. The number of nitrogens with zero attached hydrogens (tertiary/aromatic N) is 1. The molecule has 3 aromatic rings. The Labute approximate surface area is 206 Å². The largest absolute Gasteiger partial charge is 0.489 e. The Bertz CT molecular complexity index is 1250. The minimum Gasteiger partial charge on any atom is -0.489 e. The number of hydrogen-bond acceptors (Lipinski definition) is 4. The van der Waals surface area contributed by atoms with Gasteiger partial charge in [-0.1, -0.05) is 72.8 Å². The summed E-state index contributed by atoms with van der Waals surface area (Å²) in [5, 5.41) is 0. The Kier molecular flexibility index (Phi) is 6.41. The van der Waals surface area contributed by atoms with E-state index >= 15 is 0 Å².